The lowest BCUT2D eigenvalue weighted by Crippen LogP contribution is -2.18. The van der Waals surface area contributed by atoms with Crippen LogP contribution in [-0.4, -0.2) is 40.0 Å². The van der Waals surface area contributed by atoms with Crippen LogP contribution in [0.15, 0.2) is 83.7 Å². The van der Waals surface area contributed by atoms with Gasteiger partial charge in [-0.05, 0) is 66.7 Å². The first kappa shape index (κ1) is 26.2. The SMILES string of the molecule is C=C(/C(C1=CCC(OC)C=C1)=C(\C)C(=O)OCC)C(/C=C\OC)[C@@H](C)c1ccc(OC)cc1. The van der Waals surface area contributed by atoms with Crippen molar-refractivity contribution >= 4 is 5.97 Å². The average molecular weight is 453 g/mol. The number of methoxy groups -OCH3 is 3. The maximum atomic E-state index is 12.7. The first-order valence-electron chi connectivity index (χ1n) is 11.2. The largest absolute Gasteiger partial charge is 0.505 e. The van der Waals surface area contributed by atoms with Gasteiger partial charge in [-0.2, -0.15) is 0 Å². The molecule has 2 rings (SSSR count). The molecule has 2 unspecified atom stereocenters. The molecule has 178 valence electrons. The molecule has 5 heteroatoms. The van der Waals surface area contributed by atoms with Gasteiger partial charge >= 0.3 is 5.97 Å². The van der Waals surface area contributed by atoms with E-state index in [0.29, 0.717) is 12.2 Å². The van der Waals surface area contributed by atoms with Crippen molar-refractivity contribution < 1.29 is 23.7 Å². The Morgan fingerprint density at radius 1 is 1.21 bits per heavy atom. The zero-order chi connectivity index (χ0) is 24.4. The number of carbonyl (C=O) groups excluding carboxylic acids is 1. The van der Waals surface area contributed by atoms with E-state index in [1.165, 1.54) is 0 Å². The van der Waals surface area contributed by atoms with Crippen molar-refractivity contribution in [1.29, 1.82) is 0 Å². The van der Waals surface area contributed by atoms with Gasteiger partial charge in [0.15, 0.2) is 0 Å². The van der Waals surface area contributed by atoms with Crippen molar-refractivity contribution in [3.8, 4) is 5.75 Å². The molecule has 0 aromatic heterocycles. The molecule has 3 atom stereocenters. The van der Waals surface area contributed by atoms with Gasteiger partial charge in [0.05, 0.1) is 33.2 Å². The summed E-state index contributed by atoms with van der Waals surface area (Å²) in [4.78, 5) is 12.7. The van der Waals surface area contributed by atoms with Gasteiger partial charge < -0.3 is 18.9 Å². The highest BCUT2D eigenvalue weighted by Crippen LogP contribution is 2.39. The van der Waals surface area contributed by atoms with E-state index in [0.717, 1.165) is 34.5 Å². The van der Waals surface area contributed by atoms with Crippen LogP contribution < -0.4 is 4.74 Å². The Labute approximate surface area is 198 Å². The van der Waals surface area contributed by atoms with Crippen molar-refractivity contribution in [2.45, 2.75) is 39.2 Å². The van der Waals surface area contributed by atoms with Gasteiger partial charge in [0.1, 0.15) is 5.75 Å². The van der Waals surface area contributed by atoms with Crippen LogP contribution in [-0.2, 0) is 19.0 Å². The van der Waals surface area contributed by atoms with E-state index < -0.39 is 0 Å². The Balaban J connectivity index is 2.53. The molecule has 0 saturated heterocycles. The third-order valence-electron chi connectivity index (χ3n) is 5.93. The number of benzene rings is 1. The molecule has 0 heterocycles. The summed E-state index contributed by atoms with van der Waals surface area (Å²) in [6.07, 6.45) is 10.5. The number of rotatable bonds is 11. The maximum Gasteiger partial charge on any atom is 0.334 e. The van der Waals surface area contributed by atoms with E-state index >= 15 is 0 Å². The van der Waals surface area contributed by atoms with Gasteiger partial charge in [0.2, 0.25) is 0 Å². The summed E-state index contributed by atoms with van der Waals surface area (Å²) in [5, 5.41) is 0. The third-order valence-corrected chi connectivity index (χ3v) is 5.93. The number of hydrogen-bond donors (Lipinski definition) is 0. The molecule has 1 aromatic rings. The molecule has 0 aliphatic heterocycles. The van der Waals surface area contributed by atoms with E-state index in [9.17, 15) is 4.79 Å². The summed E-state index contributed by atoms with van der Waals surface area (Å²) >= 11 is 0. The van der Waals surface area contributed by atoms with E-state index in [-0.39, 0.29) is 23.9 Å². The Morgan fingerprint density at radius 3 is 2.42 bits per heavy atom. The minimum absolute atomic E-state index is 0.0218. The molecule has 0 radical (unpaired) electrons. The topological polar surface area (TPSA) is 54.0 Å². The van der Waals surface area contributed by atoms with Crippen LogP contribution in [0.3, 0.4) is 0 Å². The number of allylic oxidation sites excluding steroid dienone is 5. The van der Waals surface area contributed by atoms with Gasteiger partial charge in [-0.25, -0.2) is 4.79 Å². The lowest BCUT2D eigenvalue weighted by molar-refractivity contribution is -0.138. The van der Waals surface area contributed by atoms with E-state index in [2.05, 4.69) is 31.7 Å². The molecule has 33 heavy (non-hydrogen) atoms. The molecule has 0 fully saturated rings. The van der Waals surface area contributed by atoms with Crippen LogP contribution in [0, 0.1) is 5.92 Å². The van der Waals surface area contributed by atoms with Crippen LogP contribution in [0.2, 0.25) is 0 Å². The quantitative estimate of drug-likeness (QED) is 0.181. The van der Waals surface area contributed by atoms with Crippen LogP contribution in [0.5, 0.6) is 5.75 Å². The maximum absolute atomic E-state index is 12.7. The molecule has 0 saturated carbocycles. The molecule has 5 nitrogen and oxygen atoms in total. The van der Waals surface area contributed by atoms with E-state index in [4.69, 9.17) is 18.9 Å². The number of hydrogen-bond acceptors (Lipinski definition) is 5. The van der Waals surface area contributed by atoms with Gasteiger partial charge in [-0.1, -0.05) is 43.9 Å². The van der Waals surface area contributed by atoms with E-state index in [1.807, 2.05) is 30.4 Å². The van der Waals surface area contributed by atoms with Gasteiger partial charge in [0.25, 0.3) is 0 Å². The fourth-order valence-corrected chi connectivity index (χ4v) is 3.97. The normalized spacial score (nSPS) is 18.2. The second-order valence-electron chi connectivity index (χ2n) is 7.93. The van der Waals surface area contributed by atoms with Crippen molar-refractivity contribution in [2.24, 2.45) is 5.92 Å². The standard InChI is InChI=1S/C28H36O5/c1-8-33-28(29)21(4)27(23-11-15-25(32-7)16-12-23)20(3)26(17-18-30-5)19(2)22-9-13-24(31-6)14-10-22/h9-15,17-19,25-26H,3,8,16H2,1-2,4-7H3/b18-17-,27-21-/t19-,25?,26?/m0/s1. The molecule has 1 aromatic carbocycles. The predicted molar refractivity (Wildman–Crippen MR) is 132 cm³/mol. The zero-order valence-electron chi connectivity index (χ0n) is 20.6. The fraction of sp³-hybridized carbons (Fsp3) is 0.393. The second-order valence-corrected chi connectivity index (χ2v) is 7.93. The third kappa shape index (κ3) is 6.72. The van der Waals surface area contributed by atoms with Crippen LogP contribution in [0.4, 0.5) is 0 Å². The summed E-state index contributed by atoms with van der Waals surface area (Å²) in [7, 11) is 4.96. The van der Waals surface area contributed by atoms with Gasteiger partial charge in [-0.15, -0.1) is 0 Å². The lowest BCUT2D eigenvalue weighted by atomic mass is 9.76. The summed E-state index contributed by atoms with van der Waals surface area (Å²) in [5.41, 5.74) is 4.22. The van der Waals surface area contributed by atoms with Gasteiger partial charge in [-0.3, -0.25) is 0 Å². The number of ether oxygens (including phenoxy) is 4. The summed E-state index contributed by atoms with van der Waals surface area (Å²) in [5.74, 6) is 0.410. The van der Waals surface area contributed by atoms with Crippen LogP contribution >= 0.6 is 0 Å². The molecule has 1 aliphatic carbocycles. The average Bonchev–Trinajstić information content (AvgIpc) is 2.84. The Bertz CT molecular complexity index is 934. The summed E-state index contributed by atoms with van der Waals surface area (Å²) in [6.45, 7) is 10.5. The Kier molecular flexibility index (Phi) is 10.2. The number of carbonyl (C=O) groups is 1. The molecular weight excluding hydrogens is 416 g/mol. The summed E-state index contributed by atoms with van der Waals surface area (Å²) < 4.78 is 21.3. The van der Waals surface area contributed by atoms with Crippen LogP contribution in [0.1, 0.15) is 38.7 Å². The smallest absolute Gasteiger partial charge is 0.334 e. The molecular formula is C28H36O5. The van der Waals surface area contributed by atoms with Crippen molar-refractivity contribution in [2.75, 3.05) is 27.9 Å². The van der Waals surface area contributed by atoms with Gasteiger partial charge in [0, 0.05) is 18.6 Å². The Morgan fingerprint density at radius 2 is 1.91 bits per heavy atom. The molecule has 0 bridgehead atoms. The Hall–Kier alpha value is -3.05. The van der Waals surface area contributed by atoms with Crippen molar-refractivity contribution in [3.63, 3.8) is 0 Å². The fourth-order valence-electron chi connectivity index (χ4n) is 3.97. The monoisotopic (exact) mass is 452 g/mol. The molecule has 0 amide bonds. The minimum Gasteiger partial charge on any atom is -0.505 e. The molecule has 0 spiro atoms. The minimum atomic E-state index is -0.344. The highest BCUT2D eigenvalue weighted by Gasteiger charge is 2.27. The van der Waals surface area contributed by atoms with Crippen LogP contribution in [0.25, 0.3) is 0 Å². The molecule has 1 aliphatic rings. The zero-order valence-corrected chi connectivity index (χ0v) is 20.6. The highest BCUT2D eigenvalue weighted by atomic mass is 16.5. The molecule has 0 N–H and O–H groups in total. The first-order valence-corrected chi connectivity index (χ1v) is 11.2. The summed E-state index contributed by atoms with van der Waals surface area (Å²) in [6, 6.07) is 8.00. The highest BCUT2D eigenvalue weighted by molar-refractivity contribution is 5.91. The lowest BCUT2D eigenvalue weighted by Gasteiger charge is -2.28. The number of esters is 1. The van der Waals surface area contributed by atoms with E-state index in [1.54, 1.807) is 41.4 Å². The predicted octanol–water partition coefficient (Wildman–Crippen LogP) is 5.91. The van der Waals surface area contributed by atoms with Crippen molar-refractivity contribution in [1.82, 2.24) is 0 Å². The first-order chi connectivity index (χ1) is 15.9. The van der Waals surface area contributed by atoms with Crippen molar-refractivity contribution in [3.05, 3.63) is 89.3 Å². The second kappa shape index (κ2) is 12.9.